The molecule has 1 heterocycles. The number of hydrogen-bond acceptors (Lipinski definition) is 2. The van der Waals surface area contributed by atoms with Crippen molar-refractivity contribution in [2.45, 2.75) is 45.1 Å². The predicted molar refractivity (Wildman–Crippen MR) is 57.7 cm³/mol. The summed E-state index contributed by atoms with van der Waals surface area (Å²) in [5, 5.41) is 0. The van der Waals surface area contributed by atoms with Crippen LogP contribution >= 0.6 is 0 Å². The standard InChI is InChI=1S/C11H24N2/c1-11(2,12)8-10-6-4-5-7-13(3)9-10/h10H,4-9,12H2,1-3H3. The van der Waals surface area contributed by atoms with Crippen molar-refractivity contribution in [3.8, 4) is 0 Å². The Balaban J connectivity index is 2.39. The Kier molecular flexibility index (Phi) is 3.74. The number of rotatable bonds is 2. The van der Waals surface area contributed by atoms with Crippen molar-refractivity contribution in [1.29, 1.82) is 0 Å². The summed E-state index contributed by atoms with van der Waals surface area (Å²) in [4.78, 5) is 2.45. The SMILES string of the molecule is CN1CCCCC(CC(C)(C)N)C1. The molecule has 0 spiro atoms. The zero-order valence-electron chi connectivity index (χ0n) is 9.34. The molecule has 0 saturated carbocycles. The molecule has 13 heavy (non-hydrogen) atoms. The molecule has 1 rings (SSSR count). The van der Waals surface area contributed by atoms with Crippen molar-refractivity contribution >= 4 is 0 Å². The van der Waals surface area contributed by atoms with E-state index in [4.69, 9.17) is 5.73 Å². The maximum absolute atomic E-state index is 6.04. The molecule has 0 aliphatic carbocycles. The molecular formula is C11H24N2. The molecule has 0 aromatic heterocycles. The van der Waals surface area contributed by atoms with Gasteiger partial charge in [0.25, 0.3) is 0 Å². The van der Waals surface area contributed by atoms with Gasteiger partial charge in [0, 0.05) is 12.1 Å². The minimum atomic E-state index is 0.00977. The van der Waals surface area contributed by atoms with E-state index in [1.54, 1.807) is 0 Å². The van der Waals surface area contributed by atoms with E-state index in [0.717, 1.165) is 12.3 Å². The minimum Gasteiger partial charge on any atom is -0.326 e. The molecule has 0 amide bonds. The van der Waals surface area contributed by atoms with Crippen LogP contribution in [0.5, 0.6) is 0 Å². The van der Waals surface area contributed by atoms with Crippen molar-refractivity contribution in [2.75, 3.05) is 20.1 Å². The van der Waals surface area contributed by atoms with Crippen LogP contribution in [0.15, 0.2) is 0 Å². The number of likely N-dealkylation sites (tertiary alicyclic amines) is 1. The first-order chi connectivity index (χ1) is 5.97. The van der Waals surface area contributed by atoms with Gasteiger partial charge in [0.15, 0.2) is 0 Å². The maximum Gasteiger partial charge on any atom is 0.0100 e. The largest absolute Gasteiger partial charge is 0.326 e. The van der Waals surface area contributed by atoms with Gasteiger partial charge in [0.1, 0.15) is 0 Å². The Morgan fingerprint density at radius 2 is 2.08 bits per heavy atom. The molecule has 1 aliphatic heterocycles. The molecule has 2 heteroatoms. The van der Waals surface area contributed by atoms with Crippen molar-refractivity contribution in [1.82, 2.24) is 4.90 Å². The minimum absolute atomic E-state index is 0.00977. The van der Waals surface area contributed by atoms with Gasteiger partial charge in [-0.05, 0) is 52.6 Å². The summed E-state index contributed by atoms with van der Waals surface area (Å²) in [5.74, 6) is 0.812. The van der Waals surface area contributed by atoms with Crippen LogP contribution in [0.3, 0.4) is 0 Å². The van der Waals surface area contributed by atoms with Gasteiger partial charge in [-0.3, -0.25) is 0 Å². The lowest BCUT2D eigenvalue weighted by molar-refractivity contribution is 0.260. The molecule has 2 nitrogen and oxygen atoms in total. The van der Waals surface area contributed by atoms with Crippen molar-refractivity contribution in [3.63, 3.8) is 0 Å². The first kappa shape index (κ1) is 11.0. The second-order valence-corrected chi connectivity index (χ2v) is 5.32. The number of nitrogens with zero attached hydrogens (tertiary/aromatic N) is 1. The van der Waals surface area contributed by atoms with Crippen LogP contribution in [0.1, 0.15) is 39.5 Å². The van der Waals surface area contributed by atoms with Crippen molar-refractivity contribution in [3.05, 3.63) is 0 Å². The molecule has 0 bridgehead atoms. The van der Waals surface area contributed by atoms with Gasteiger partial charge in [0.2, 0.25) is 0 Å². The Morgan fingerprint density at radius 1 is 1.38 bits per heavy atom. The predicted octanol–water partition coefficient (Wildman–Crippen LogP) is 1.85. The Labute approximate surface area is 82.5 Å². The van der Waals surface area contributed by atoms with E-state index >= 15 is 0 Å². The van der Waals surface area contributed by atoms with Crippen LogP contribution in [-0.4, -0.2) is 30.6 Å². The highest BCUT2D eigenvalue weighted by molar-refractivity contribution is 4.79. The molecule has 78 valence electrons. The molecule has 2 N–H and O–H groups in total. The van der Waals surface area contributed by atoms with E-state index in [2.05, 4.69) is 25.8 Å². The van der Waals surface area contributed by atoms with Gasteiger partial charge < -0.3 is 10.6 Å². The lowest BCUT2D eigenvalue weighted by Gasteiger charge is -2.27. The first-order valence-electron chi connectivity index (χ1n) is 5.45. The highest BCUT2D eigenvalue weighted by Gasteiger charge is 2.21. The van der Waals surface area contributed by atoms with Crippen molar-refractivity contribution in [2.24, 2.45) is 11.7 Å². The molecule has 0 radical (unpaired) electrons. The maximum atomic E-state index is 6.04. The second-order valence-electron chi connectivity index (χ2n) is 5.32. The molecule has 0 aromatic rings. The van der Waals surface area contributed by atoms with Crippen LogP contribution in [0.4, 0.5) is 0 Å². The summed E-state index contributed by atoms with van der Waals surface area (Å²) in [6.45, 7) is 6.78. The second kappa shape index (κ2) is 4.43. The molecule has 1 fully saturated rings. The van der Waals surface area contributed by atoms with Gasteiger partial charge in [0.05, 0.1) is 0 Å². The van der Waals surface area contributed by atoms with E-state index in [-0.39, 0.29) is 5.54 Å². The smallest absolute Gasteiger partial charge is 0.0100 e. The van der Waals surface area contributed by atoms with Crippen LogP contribution < -0.4 is 5.73 Å². The van der Waals surface area contributed by atoms with E-state index < -0.39 is 0 Å². The fourth-order valence-electron chi connectivity index (χ4n) is 2.35. The van der Waals surface area contributed by atoms with E-state index in [1.807, 2.05) is 0 Å². The molecule has 1 unspecified atom stereocenters. The highest BCUT2D eigenvalue weighted by Crippen LogP contribution is 2.22. The number of hydrogen-bond donors (Lipinski definition) is 1. The molecule has 1 aliphatic rings. The zero-order chi connectivity index (χ0) is 9.90. The zero-order valence-corrected chi connectivity index (χ0v) is 9.34. The van der Waals surface area contributed by atoms with Crippen molar-refractivity contribution < 1.29 is 0 Å². The van der Waals surface area contributed by atoms with Crippen LogP contribution in [0.25, 0.3) is 0 Å². The molecule has 0 aromatic carbocycles. The fraction of sp³-hybridized carbons (Fsp3) is 1.00. The summed E-state index contributed by atoms with van der Waals surface area (Å²) in [6, 6.07) is 0. The Morgan fingerprint density at radius 3 is 2.69 bits per heavy atom. The summed E-state index contributed by atoms with van der Waals surface area (Å²) in [5.41, 5.74) is 6.05. The third-order valence-corrected chi connectivity index (χ3v) is 2.79. The lowest BCUT2D eigenvalue weighted by Crippen LogP contribution is -2.37. The summed E-state index contributed by atoms with van der Waals surface area (Å²) < 4.78 is 0. The van der Waals surface area contributed by atoms with E-state index in [0.29, 0.717) is 0 Å². The summed E-state index contributed by atoms with van der Waals surface area (Å²) in [6.07, 6.45) is 5.27. The first-order valence-corrected chi connectivity index (χ1v) is 5.45. The van der Waals surface area contributed by atoms with Gasteiger partial charge in [-0.15, -0.1) is 0 Å². The average molecular weight is 184 g/mol. The van der Waals surface area contributed by atoms with Gasteiger partial charge in [-0.1, -0.05) is 6.42 Å². The van der Waals surface area contributed by atoms with Gasteiger partial charge in [-0.2, -0.15) is 0 Å². The fourth-order valence-corrected chi connectivity index (χ4v) is 2.35. The quantitative estimate of drug-likeness (QED) is 0.709. The Bertz CT molecular complexity index is 149. The molecule has 1 saturated heterocycles. The summed E-state index contributed by atoms with van der Waals surface area (Å²) >= 11 is 0. The normalized spacial score (nSPS) is 27.2. The van der Waals surface area contributed by atoms with Gasteiger partial charge in [-0.25, -0.2) is 0 Å². The van der Waals surface area contributed by atoms with Crippen LogP contribution in [0.2, 0.25) is 0 Å². The van der Waals surface area contributed by atoms with Gasteiger partial charge >= 0.3 is 0 Å². The van der Waals surface area contributed by atoms with E-state index in [1.165, 1.54) is 32.4 Å². The monoisotopic (exact) mass is 184 g/mol. The lowest BCUT2D eigenvalue weighted by atomic mass is 9.88. The van der Waals surface area contributed by atoms with Crippen LogP contribution in [0, 0.1) is 5.92 Å². The van der Waals surface area contributed by atoms with Crippen LogP contribution in [-0.2, 0) is 0 Å². The Hall–Kier alpha value is -0.0800. The number of nitrogens with two attached hydrogens (primary N) is 1. The molecular weight excluding hydrogens is 160 g/mol. The topological polar surface area (TPSA) is 29.3 Å². The average Bonchev–Trinajstić information content (AvgIpc) is 2.10. The molecule has 1 atom stereocenters. The summed E-state index contributed by atoms with van der Waals surface area (Å²) in [7, 11) is 2.22. The highest BCUT2D eigenvalue weighted by atomic mass is 15.1. The third-order valence-electron chi connectivity index (χ3n) is 2.79. The third kappa shape index (κ3) is 4.63. The van der Waals surface area contributed by atoms with E-state index in [9.17, 15) is 0 Å².